The molecule has 5 aromatic rings. The Hall–Kier alpha value is -3.81. The summed E-state index contributed by atoms with van der Waals surface area (Å²) in [6, 6.07) is 7.88. The van der Waals surface area contributed by atoms with Crippen molar-refractivity contribution in [2.75, 3.05) is 19.0 Å². The average molecular weight is 356 g/mol. The van der Waals surface area contributed by atoms with Crippen LogP contribution < -0.4 is 4.90 Å². The van der Waals surface area contributed by atoms with Gasteiger partial charge in [-0.3, -0.25) is 15.1 Å². The second-order valence-corrected chi connectivity index (χ2v) is 6.47. The van der Waals surface area contributed by atoms with Gasteiger partial charge in [0.1, 0.15) is 5.69 Å². The van der Waals surface area contributed by atoms with E-state index in [1.165, 1.54) is 0 Å². The summed E-state index contributed by atoms with van der Waals surface area (Å²) in [5, 5.41) is 8.39. The van der Waals surface area contributed by atoms with Crippen LogP contribution in [-0.4, -0.2) is 49.2 Å². The standard InChI is InChI=1S/C19H16N8/c1-27(2)12-6-11(8-20-9-12)15-7-13-16(10-22-15)25-26-17(13)19-23-14-4-3-5-21-18(14)24-19/h3-10H,1-2H3,(H,25,26)(H,21,23,24). The van der Waals surface area contributed by atoms with E-state index in [1.54, 1.807) is 12.4 Å². The van der Waals surface area contributed by atoms with Crippen LogP contribution in [0.1, 0.15) is 0 Å². The second-order valence-electron chi connectivity index (χ2n) is 6.47. The van der Waals surface area contributed by atoms with Gasteiger partial charge in [-0.15, -0.1) is 0 Å². The highest BCUT2D eigenvalue weighted by Crippen LogP contribution is 2.29. The minimum atomic E-state index is 0.667. The molecular formula is C19H16N8. The fourth-order valence-corrected chi connectivity index (χ4v) is 3.02. The molecule has 0 radical (unpaired) electrons. The number of anilines is 1. The Labute approximate surface area is 154 Å². The summed E-state index contributed by atoms with van der Waals surface area (Å²) in [7, 11) is 3.97. The number of H-pyrrole nitrogens is 2. The molecule has 0 aromatic carbocycles. The molecule has 0 bridgehead atoms. The van der Waals surface area contributed by atoms with Gasteiger partial charge in [-0.2, -0.15) is 5.10 Å². The van der Waals surface area contributed by atoms with E-state index in [0.29, 0.717) is 11.5 Å². The molecule has 132 valence electrons. The molecule has 5 heterocycles. The van der Waals surface area contributed by atoms with Crippen LogP contribution in [0.5, 0.6) is 0 Å². The van der Waals surface area contributed by atoms with E-state index in [2.05, 4.69) is 41.2 Å². The molecule has 0 spiro atoms. The van der Waals surface area contributed by atoms with Gasteiger partial charge in [0, 0.05) is 37.4 Å². The first-order valence-electron chi connectivity index (χ1n) is 8.47. The topological polar surface area (TPSA) is 99.3 Å². The molecule has 0 atom stereocenters. The monoisotopic (exact) mass is 356 g/mol. The van der Waals surface area contributed by atoms with Crippen LogP contribution in [0.15, 0.2) is 49.1 Å². The molecule has 0 unspecified atom stereocenters. The van der Waals surface area contributed by atoms with Crippen LogP contribution in [0.2, 0.25) is 0 Å². The van der Waals surface area contributed by atoms with Crippen LogP contribution in [0.3, 0.4) is 0 Å². The quantitative estimate of drug-likeness (QED) is 0.515. The van der Waals surface area contributed by atoms with Crippen LogP contribution in [0.4, 0.5) is 5.69 Å². The highest BCUT2D eigenvalue weighted by atomic mass is 15.1. The summed E-state index contributed by atoms with van der Waals surface area (Å²) < 4.78 is 0. The van der Waals surface area contributed by atoms with Gasteiger partial charge in [0.2, 0.25) is 0 Å². The predicted molar refractivity (Wildman–Crippen MR) is 104 cm³/mol. The van der Waals surface area contributed by atoms with Crippen molar-refractivity contribution in [1.82, 2.24) is 35.1 Å². The first-order chi connectivity index (χ1) is 13.2. The smallest absolute Gasteiger partial charge is 0.178 e. The fraction of sp³-hybridized carbons (Fsp3) is 0.105. The lowest BCUT2D eigenvalue weighted by Gasteiger charge is -2.12. The van der Waals surface area contributed by atoms with Gasteiger partial charge in [-0.25, -0.2) is 9.97 Å². The highest BCUT2D eigenvalue weighted by molar-refractivity contribution is 5.94. The molecule has 8 nitrogen and oxygen atoms in total. The van der Waals surface area contributed by atoms with Crippen LogP contribution in [0.25, 0.3) is 44.8 Å². The minimum Gasteiger partial charge on any atom is -0.376 e. The molecule has 5 rings (SSSR count). The normalized spacial score (nSPS) is 11.3. The van der Waals surface area contributed by atoms with Crippen molar-refractivity contribution in [1.29, 1.82) is 0 Å². The molecular weight excluding hydrogens is 340 g/mol. The number of imidazole rings is 1. The number of aromatic amines is 2. The van der Waals surface area contributed by atoms with Crippen molar-refractivity contribution in [2.24, 2.45) is 0 Å². The van der Waals surface area contributed by atoms with Crippen molar-refractivity contribution in [2.45, 2.75) is 0 Å². The van der Waals surface area contributed by atoms with E-state index >= 15 is 0 Å². The fourth-order valence-electron chi connectivity index (χ4n) is 3.02. The Morgan fingerprint density at radius 2 is 1.93 bits per heavy atom. The molecule has 2 N–H and O–H groups in total. The first kappa shape index (κ1) is 15.4. The lowest BCUT2D eigenvalue weighted by Crippen LogP contribution is -2.08. The number of rotatable bonds is 3. The lowest BCUT2D eigenvalue weighted by atomic mass is 10.1. The van der Waals surface area contributed by atoms with Crippen molar-refractivity contribution < 1.29 is 0 Å². The number of aromatic nitrogens is 7. The zero-order chi connectivity index (χ0) is 18.4. The van der Waals surface area contributed by atoms with E-state index in [-0.39, 0.29) is 0 Å². The third-order valence-corrected chi connectivity index (χ3v) is 4.46. The summed E-state index contributed by atoms with van der Waals surface area (Å²) >= 11 is 0. The summed E-state index contributed by atoms with van der Waals surface area (Å²) in [4.78, 5) is 23.0. The third-order valence-electron chi connectivity index (χ3n) is 4.46. The van der Waals surface area contributed by atoms with Gasteiger partial charge in [-0.1, -0.05) is 0 Å². The molecule has 8 heteroatoms. The molecule has 0 fully saturated rings. The van der Waals surface area contributed by atoms with Crippen molar-refractivity contribution in [3.05, 3.63) is 49.1 Å². The number of hydrogen-bond acceptors (Lipinski definition) is 6. The molecule has 0 saturated heterocycles. The summed E-state index contributed by atoms with van der Waals surface area (Å²) in [5.41, 5.74) is 5.92. The summed E-state index contributed by atoms with van der Waals surface area (Å²) in [6.07, 6.45) is 7.14. The SMILES string of the molecule is CN(C)c1cncc(-c2cc3c(-c4nc5ncccc5[nH]4)n[nH]c3cn2)c1. The van der Waals surface area contributed by atoms with E-state index in [0.717, 1.165) is 39.1 Å². The van der Waals surface area contributed by atoms with Crippen molar-refractivity contribution in [3.8, 4) is 22.8 Å². The van der Waals surface area contributed by atoms with Gasteiger partial charge in [0.25, 0.3) is 0 Å². The predicted octanol–water partition coefficient (Wildman–Crippen LogP) is 3.02. The number of nitrogens with one attached hydrogen (secondary N) is 2. The molecule has 0 aliphatic rings. The number of fused-ring (bicyclic) bond motifs is 2. The average Bonchev–Trinajstić information content (AvgIpc) is 3.31. The van der Waals surface area contributed by atoms with Gasteiger partial charge >= 0.3 is 0 Å². The van der Waals surface area contributed by atoms with E-state index in [1.807, 2.05) is 49.6 Å². The van der Waals surface area contributed by atoms with Gasteiger partial charge in [0.05, 0.1) is 34.8 Å². The third kappa shape index (κ3) is 2.58. The van der Waals surface area contributed by atoms with Crippen molar-refractivity contribution >= 4 is 27.8 Å². The Bertz CT molecular complexity index is 1230. The number of hydrogen-bond donors (Lipinski definition) is 2. The maximum atomic E-state index is 4.56. The summed E-state index contributed by atoms with van der Waals surface area (Å²) in [5.74, 6) is 0.673. The van der Waals surface area contributed by atoms with Crippen molar-refractivity contribution in [3.63, 3.8) is 0 Å². The van der Waals surface area contributed by atoms with Gasteiger partial charge in [-0.05, 0) is 24.3 Å². The first-order valence-corrected chi connectivity index (χ1v) is 8.47. The number of nitrogens with zero attached hydrogens (tertiary/aromatic N) is 6. The zero-order valence-corrected chi connectivity index (χ0v) is 14.8. The Morgan fingerprint density at radius 1 is 1.00 bits per heavy atom. The molecule has 0 aliphatic carbocycles. The maximum absolute atomic E-state index is 4.56. The maximum Gasteiger partial charge on any atom is 0.178 e. The molecule has 27 heavy (non-hydrogen) atoms. The van der Waals surface area contributed by atoms with Crippen LogP contribution in [0, 0.1) is 0 Å². The minimum absolute atomic E-state index is 0.667. The molecule has 0 aliphatic heterocycles. The molecule has 0 amide bonds. The Balaban J connectivity index is 1.65. The van der Waals surface area contributed by atoms with Gasteiger partial charge < -0.3 is 9.88 Å². The lowest BCUT2D eigenvalue weighted by molar-refractivity contribution is 1.10. The van der Waals surface area contributed by atoms with E-state index < -0.39 is 0 Å². The largest absolute Gasteiger partial charge is 0.376 e. The van der Waals surface area contributed by atoms with E-state index in [9.17, 15) is 0 Å². The molecule has 5 aromatic heterocycles. The summed E-state index contributed by atoms with van der Waals surface area (Å²) in [6.45, 7) is 0. The highest BCUT2D eigenvalue weighted by Gasteiger charge is 2.14. The Kier molecular flexibility index (Phi) is 3.36. The van der Waals surface area contributed by atoms with Crippen LogP contribution >= 0.6 is 0 Å². The van der Waals surface area contributed by atoms with Crippen LogP contribution in [-0.2, 0) is 0 Å². The van der Waals surface area contributed by atoms with E-state index in [4.69, 9.17) is 0 Å². The number of pyridine rings is 3. The second kappa shape index (κ2) is 5.87. The zero-order valence-electron chi connectivity index (χ0n) is 14.8. The molecule has 0 saturated carbocycles. The van der Waals surface area contributed by atoms with Gasteiger partial charge in [0.15, 0.2) is 11.5 Å². The Morgan fingerprint density at radius 3 is 2.78 bits per heavy atom.